The largest absolute Gasteiger partial charge is 0.361 e. The summed E-state index contributed by atoms with van der Waals surface area (Å²) in [6.07, 6.45) is 3.88. The van der Waals surface area contributed by atoms with Crippen molar-refractivity contribution < 1.29 is 4.52 Å². The quantitative estimate of drug-likeness (QED) is 0.864. The van der Waals surface area contributed by atoms with Gasteiger partial charge in [0, 0.05) is 30.4 Å². The van der Waals surface area contributed by atoms with Gasteiger partial charge in [0.15, 0.2) is 0 Å². The Balaban J connectivity index is 1.55. The predicted octanol–water partition coefficient (Wildman–Crippen LogP) is 2.07. The first-order valence-electron chi connectivity index (χ1n) is 8.20. The van der Waals surface area contributed by atoms with Crippen LogP contribution < -0.4 is 5.56 Å². The average molecular weight is 316 g/mol. The Labute approximate surface area is 136 Å². The summed E-state index contributed by atoms with van der Waals surface area (Å²) in [5.41, 5.74) is 2.67. The number of piperidine rings is 1. The summed E-state index contributed by atoms with van der Waals surface area (Å²) in [6.45, 7) is 9.32. The van der Waals surface area contributed by atoms with Crippen molar-refractivity contribution in [3.05, 3.63) is 45.5 Å². The molecule has 6 heteroatoms. The molecule has 0 aliphatic carbocycles. The third-order valence-electron chi connectivity index (χ3n) is 4.74. The van der Waals surface area contributed by atoms with Crippen LogP contribution >= 0.6 is 0 Å². The second-order valence-electron chi connectivity index (χ2n) is 6.56. The van der Waals surface area contributed by atoms with Crippen LogP contribution in [-0.4, -0.2) is 32.7 Å². The number of aromatic nitrogens is 3. The van der Waals surface area contributed by atoms with Crippen molar-refractivity contribution in [3.63, 3.8) is 0 Å². The average Bonchev–Trinajstić information content (AvgIpc) is 2.95. The summed E-state index contributed by atoms with van der Waals surface area (Å²) in [5.74, 6) is 1.39. The third kappa shape index (κ3) is 3.69. The molecule has 0 unspecified atom stereocenters. The lowest BCUT2D eigenvalue weighted by molar-refractivity contribution is 0.163. The second-order valence-corrected chi connectivity index (χ2v) is 6.56. The van der Waals surface area contributed by atoms with Crippen LogP contribution in [0.15, 0.2) is 21.7 Å². The van der Waals surface area contributed by atoms with Gasteiger partial charge in [0.2, 0.25) is 0 Å². The molecular weight excluding hydrogens is 292 g/mol. The summed E-state index contributed by atoms with van der Waals surface area (Å²) in [7, 11) is 0. The van der Waals surface area contributed by atoms with E-state index < -0.39 is 0 Å². The van der Waals surface area contributed by atoms with E-state index in [2.05, 4.69) is 15.0 Å². The molecule has 1 aliphatic heterocycles. The minimum absolute atomic E-state index is 0.0954. The molecule has 0 radical (unpaired) electrons. The van der Waals surface area contributed by atoms with Crippen LogP contribution in [0.5, 0.6) is 0 Å². The van der Waals surface area contributed by atoms with Gasteiger partial charge in [0.1, 0.15) is 5.76 Å². The predicted molar refractivity (Wildman–Crippen MR) is 87.2 cm³/mol. The molecule has 6 nitrogen and oxygen atoms in total. The minimum Gasteiger partial charge on any atom is -0.361 e. The van der Waals surface area contributed by atoms with Gasteiger partial charge in [-0.05, 0) is 52.6 Å². The zero-order valence-corrected chi connectivity index (χ0v) is 14.1. The van der Waals surface area contributed by atoms with Crippen molar-refractivity contribution in [2.75, 3.05) is 13.1 Å². The van der Waals surface area contributed by atoms with Crippen LogP contribution in [0.3, 0.4) is 0 Å². The summed E-state index contributed by atoms with van der Waals surface area (Å²) in [6, 6.07) is 1.99. The zero-order chi connectivity index (χ0) is 16.4. The lowest BCUT2D eigenvalue weighted by Gasteiger charge is -2.31. The number of aryl methyl sites for hydroxylation is 2. The van der Waals surface area contributed by atoms with Gasteiger partial charge >= 0.3 is 0 Å². The molecule has 23 heavy (non-hydrogen) atoms. The van der Waals surface area contributed by atoms with Gasteiger partial charge in [-0.15, -0.1) is 0 Å². The number of nitrogens with zero attached hydrogens (tertiary/aromatic N) is 4. The normalized spacial score (nSPS) is 16.8. The maximum absolute atomic E-state index is 12.3. The lowest BCUT2D eigenvalue weighted by atomic mass is 9.96. The fourth-order valence-electron chi connectivity index (χ4n) is 3.13. The van der Waals surface area contributed by atoms with Crippen LogP contribution in [0, 0.1) is 26.7 Å². The van der Waals surface area contributed by atoms with Crippen molar-refractivity contribution in [2.45, 2.75) is 46.7 Å². The van der Waals surface area contributed by atoms with Gasteiger partial charge in [-0.2, -0.15) is 0 Å². The Hall–Kier alpha value is -1.95. The van der Waals surface area contributed by atoms with Crippen LogP contribution in [0.25, 0.3) is 0 Å². The highest BCUT2D eigenvalue weighted by Gasteiger charge is 2.21. The number of hydrogen-bond donors (Lipinski definition) is 0. The number of rotatable bonds is 4. The van der Waals surface area contributed by atoms with Crippen LogP contribution in [0.1, 0.15) is 35.6 Å². The highest BCUT2D eigenvalue weighted by Crippen LogP contribution is 2.20. The fraction of sp³-hybridized carbons (Fsp3) is 0.588. The first-order chi connectivity index (χ1) is 11.0. The van der Waals surface area contributed by atoms with E-state index in [0.717, 1.165) is 61.7 Å². The molecule has 124 valence electrons. The van der Waals surface area contributed by atoms with Crippen molar-refractivity contribution in [1.82, 2.24) is 19.6 Å². The molecule has 0 saturated carbocycles. The highest BCUT2D eigenvalue weighted by molar-refractivity contribution is 5.12. The van der Waals surface area contributed by atoms with Crippen molar-refractivity contribution >= 4 is 0 Å². The SMILES string of the molecule is Cc1cc(CN2CCC(Cn3cnc(C)c(C)c3=O)CC2)no1. The van der Waals surface area contributed by atoms with Gasteiger partial charge in [0.05, 0.1) is 12.0 Å². The van der Waals surface area contributed by atoms with Gasteiger partial charge in [-0.3, -0.25) is 14.3 Å². The maximum atomic E-state index is 12.3. The van der Waals surface area contributed by atoms with E-state index in [9.17, 15) is 4.79 Å². The minimum atomic E-state index is 0.0954. The molecule has 0 amide bonds. The highest BCUT2D eigenvalue weighted by atomic mass is 16.5. The Morgan fingerprint density at radius 3 is 2.65 bits per heavy atom. The maximum Gasteiger partial charge on any atom is 0.256 e. The fourth-order valence-corrected chi connectivity index (χ4v) is 3.13. The number of likely N-dealkylation sites (tertiary alicyclic amines) is 1. The van der Waals surface area contributed by atoms with E-state index in [-0.39, 0.29) is 5.56 Å². The third-order valence-corrected chi connectivity index (χ3v) is 4.74. The topological polar surface area (TPSA) is 64.2 Å². The van der Waals surface area contributed by atoms with E-state index in [0.29, 0.717) is 5.92 Å². The second kappa shape index (κ2) is 6.66. The summed E-state index contributed by atoms with van der Waals surface area (Å²) in [5, 5.41) is 4.06. The van der Waals surface area contributed by atoms with E-state index >= 15 is 0 Å². The smallest absolute Gasteiger partial charge is 0.256 e. The van der Waals surface area contributed by atoms with E-state index in [1.54, 1.807) is 10.9 Å². The van der Waals surface area contributed by atoms with Gasteiger partial charge < -0.3 is 4.52 Å². The summed E-state index contributed by atoms with van der Waals surface area (Å²) < 4.78 is 6.89. The van der Waals surface area contributed by atoms with Crippen molar-refractivity contribution in [3.8, 4) is 0 Å². The van der Waals surface area contributed by atoms with Gasteiger partial charge in [-0.25, -0.2) is 4.98 Å². The molecule has 2 aromatic rings. The molecule has 0 bridgehead atoms. The molecule has 3 rings (SSSR count). The molecule has 1 fully saturated rings. The number of hydrogen-bond acceptors (Lipinski definition) is 5. The standard InChI is InChI=1S/C17H24N4O2/c1-12-8-16(19-23-12)10-20-6-4-15(5-7-20)9-21-11-18-14(3)13(2)17(21)22/h8,11,15H,4-7,9-10H2,1-3H3. The molecular formula is C17H24N4O2. The molecule has 0 N–H and O–H groups in total. The monoisotopic (exact) mass is 316 g/mol. The molecule has 2 aromatic heterocycles. The lowest BCUT2D eigenvalue weighted by Crippen LogP contribution is -2.36. The van der Waals surface area contributed by atoms with E-state index in [4.69, 9.17) is 4.52 Å². The van der Waals surface area contributed by atoms with E-state index in [1.807, 2.05) is 26.8 Å². The van der Waals surface area contributed by atoms with Crippen molar-refractivity contribution in [2.24, 2.45) is 5.92 Å². The van der Waals surface area contributed by atoms with Crippen LogP contribution in [0.4, 0.5) is 0 Å². The molecule has 0 aromatic carbocycles. The summed E-state index contributed by atoms with van der Waals surface area (Å²) in [4.78, 5) is 19.0. The Morgan fingerprint density at radius 1 is 1.26 bits per heavy atom. The van der Waals surface area contributed by atoms with Gasteiger partial charge in [-0.1, -0.05) is 5.16 Å². The van der Waals surface area contributed by atoms with Crippen LogP contribution in [-0.2, 0) is 13.1 Å². The first-order valence-corrected chi connectivity index (χ1v) is 8.20. The summed E-state index contributed by atoms with van der Waals surface area (Å²) >= 11 is 0. The van der Waals surface area contributed by atoms with Crippen molar-refractivity contribution in [1.29, 1.82) is 0 Å². The van der Waals surface area contributed by atoms with Gasteiger partial charge in [0.25, 0.3) is 5.56 Å². The molecule has 1 saturated heterocycles. The first kappa shape index (κ1) is 15.9. The molecule has 0 spiro atoms. The molecule has 0 atom stereocenters. The molecule has 1 aliphatic rings. The van der Waals surface area contributed by atoms with Crippen LogP contribution in [0.2, 0.25) is 0 Å². The Morgan fingerprint density at radius 2 is 2.00 bits per heavy atom. The molecule has 3 heterocycles. The Kier molecular flexibility index (Phi) is 4.61. The van der Waals surface area contributed by atoms with E-state index in [1.165, 1.54) is 0 Å². The Bertz CT molecular complexity index is 726. The zero-order valence-electron chi connectivity index (χ0n) is 14.1.